The van der Waals surface area contributed by atoms with Gasteiger partial charge in [0.2, 0.25) is 10.0 Å². The van der Waals surface area contributed by atoms with E-state index in [2.05, 4.69) is 0 Å². The maximum absolute atomic E-state index is 12.8. The van der Waals surface area contributed by atoms with Gasteiger partial charge in [-0.05, 0) is 54.8 Å². The highest BCUT2D eigenvalue weighted by Gasteiger charge is 2.36. The molecule has 4 nitrogen and oxygen atoms in total. The van der Waals surface area contributed by atoms with Crippen LogP contribution in [-0.2, 0) is 10.0 Å². The molecule has 2 aromatic carbocycles. The molecule has 1 unspecified atom stereocenters. The van der Waals surface area contributed by atoms with Gasteiger partial charge in [-0.3, -0.25) is 0 Å². The number of phenolic OH excluding ortho intramolecular Hbond substituents is 1. The summed E-state index contributed by atoms with van der Waals surface area (Å²) in [5.41, 5.74) is 0.896. The fourth-order valence-corrected chi connectivity index (χ4v) is 4.61. The van der Waals surface area contributed by atoms with Gasteiger partial charge < -0.3 is 5.11 Å². The van der Waals surface area contributed by atoms with E-state index in [1.807, 2.05) is 0 Å². The van der Waals surface area contributed by atoms with Crippen LogP contribution in [0, 0.1) is 0 Å². The molecular weight excluding hydrogens is 322 g/mol. The summed E-state index contributed by atoms with van der Waals surface area (Å²) < 4.78 is 27.2. The molecule has 0 amide bonds. The Morgan fingerprint density at radius 1 is 1.05 bits per heavy atom. The molecule has 1 aliphatic heterocycles. The first kappa shape index (κ1) is 15.3. The lowest BCUT2D eigenvalue weighted by Gasteiger charge is -2.24. The van der Waals surface area contributed by atoms with Crippen LogP contribution in [0.3, 0.4) is 0 Å². The van der Waals surface area contributed by atoms with Crippen LogP contribution in [-0.4, -0.2) is 24.4 Å². The summed E-state index contributed by atoms with van der Waals surface area (Å²) in [6, 6.07) is 12.8. The quantitative estimate of drug-likeness (QED) is 0.931. The van der Waals surface area contributed by atoms with E-state index < -0.39 is 10.0 Å². The van der Waals surface area contributed by atoms with Crippen molar-refractivity contribution < 1.29 is 13.5 Å². The van der Waals surface area contributed by atoms with E-state index >= 15 is 0 Å². The smallest absolute Gasteiger partial charge is 0.243 e. The average molecular weight is 338 g/mol. The minimum absolute atomic E-state index is 0.175. The van der Waals surface area contributed by atoms with Gasteiger partial charge in [0, 0.05) is 11.6 Å². The molecule has 0 bridgehead atoms. The van der Waals surface area contributed by atoms with Crippen LogP contribution in [0.4, 0.5) is 0 Å². The van der Waals surface area contributed by atoms with Crippen LogP contribution in [0.15, 0.2) is 53.4 Å². The van der Waals surface area contributed by atoms with E-state index in [1.165, 1.54) is 16.4 Å². The zero-order valence-corrected chi connectivity index (χ0v) is 13.4. The maximum Gasteiger partial charge on any atom is 0.243 e. The van der Waals surface area contributed by atoms with Crippen molar-refractivity contribution in [1.82, 2.24) is 4.31 Å². The Morgan fingerprint density at radius 2 is 1.68 bits per heavy atom. The van der Waals surface area contributed by atoms with Crippen molar-refractivity contribution in [2.75, 3.05) is 6.54 Å². The summed E-state index contributed by atoms with van der Waals surface area (Å²) in [7, 11) is -3.55. The van der Waals surface area contributed by atoms with Gasteiger partial charge in [0.05, 0.1) is 10.9 Å². The van der Waals surface area contributed by atoms with Crippen molar-refractivity contribution in [3.63, 3.8) is 0 Å². The fraction of sp³-hybridized carbons (Fsp3) is 0.250. The highest BCUT2D eigenvalue weighted by atomic mass is 35.5. The van der Waals surface area contributed by atoms with Crippen molar-refractivity contribution in [2.24, 2.45) is 0 Å². The van der Waals surface area contributed by atoms with Gasteiger partial charge in [-0.1, -0.05) is 23.7 Å². The summed E-state index contributed by atoms with van der Waals surface area (Å²) in [5.74, 6) is 0.175. The number of hydrogen-bond acceptors (Lipinski definition) is 3. The third-order valence-electron chi connectivity index (χ3n) is 3.90. The number of benzene rings is 2. The minimum Gasteiger partial charge on any atom is -0.508 e. The Bertz CT molecular complexity index is 757. The number of hydrogen-bond donors (Lipinski definition) is 1. The van der Waals surface area contributed by atoms with Gasteiger partial charge in [-0.15, -0.1) is 0 Å². The van der Waals surface area contributed by atoms with Crippen LogP contribution >= 0.6 is 11.6 Å². The summed E-state index contributed by atoms with van der Waals surface area (Å²) in [4.78, 5) is 0.252. The Kier molecular flexibility index (Phi) is 4.12. The molecule has 0 spiro atoms. The Labute approximate surface area is 135 Å². The van der Waals surface area contributed by atoms with Gasteiger partial charge in [0.1, 0.15) is 5.75 Å². The predicted octanol–water partition coefficient (Wildman–Crippen LogP) is 3.57. The molecule has 1 heterocycles. The zero-order valence-electron chi connectivity index (χ0n) is 11.8. The van der Waals surface area contributed by atoms with Crippen LogP contribution < -0.4 is 0 Å². The lowest BCUT2D eigenvalue weighted by atomic mass is 10.1. The Hall–Kier alpha value is -1.56. The standard InChI is InChI=1S/C16H16ClNO3S/c17-13-5-9-15(10-6-13)22(20,21)18-11-1-2-16(18)12-3-7-14(19)8-4-12/h3-10,16,19H,1-2,11H2. The number of aromatic hydroxyl groups is 1. The molecule has 1 fully saturated rings. The van der Waals surface area contributed by atoms with Crippen molar-refractivity contribution in [3.05, 3.63) is 59.1 Å². The number of phenols is 1. The largest absolute Gasteiger partial charge is 0.508 e. The van der Waals surface area contributed by atoms with E-state index in [1.54, 1.807) is 36.4 Å². The number of rotatable bonds is 3. The van der Waals surface area contributed by atoms with Crippen molar-refractivity contribution in [3.8, 4) is 5.75 Å². The molecule has 1 N–H and O–H groups in total. The molecule has 6 heteroatoms. The third kappa shape index (κ3) is 2.84. The average Bonchev–Trinajstić information content (AvgIpc) is 2.99. The summed E-state index contributed by atoms with van der Waals surface area (Å²) in [6.07, 6.45) is 1.59. The van der Waals surface area contributed by atoms with Crippen LogP contribution in [0.25, 0.3) is 0 Å². The number of halogens is 1. The first-order valence-electron chi connectivity index (χ1n) is 7.05. The van der Waals surface area contributed by atoms with Gasteiger partial charge in [0.15, 0.2) is 0 Å². The van der Waals surface area contributed by atoms with Crippen LogP contribution in [0.5, 0.6) is 5.75 Å². The molecule has 1 saturated heterocycles. The monoisotopic (exact) mass is 337 g/mol. The van der Waals surface area contributed by atoms with Gasteiger partial charge in [-0.25, -0.2) is 8.42 Å². The molecule has 2 aromatic rings. The Morgan fingerprint density at radius 3 is 2.32 bits per heavy atom. The maximum atomic E-state index is 12.8. The first-order chi connectivity index (χ1) is 10.5. The zero-order chi connectivity index (χ0) is 15.7. The van der Waals surface area contributed by atoms with E-state index in [9.17, 15) is 13.5 Å². The summed E-state index contributed by atoms with van der Waals surface area (Å²) >= 11 is 5.83. The molecule has 3 rings (SSSR count). The molecule has 22 heavy (non-hydrogen) atoms. The van der Waals surface area contributed by atoms with E-state index in [-0.39, 0.29) is 16.7 Å². The second-order valence-corrected chi connectivity index (χ2v) is 7.65. The second kappa shape index (κ2) is 5.91. The minimum atomic E-state index is -3.55. The highest BCUT2D eigenvalue weighted by Crippen LogP contribution is 2.37. The third-order valence-corrected chi connectivity index (χ3v) is 6.08. The highest BCUT2D eigenvalue weighted by molar-refractivity contribution is 7.89. The van der Waals surface area contributed by atoms with E-state index in [0.29, 0.717) is 11.6 Å². The van der Waals surface area contributed by atoms with Crippen LogP contribution in [0.1, 0.15) is 24.4 Å². The van der Waals surface area contributed by atoms with E-state index in [4.69, 9.17) is 11.6 Å². The molecule has 0 aromatic heterocycles. The first-order valence-corrected chi connectivity index (χ1v) is 8.86. The summed E-state index contributed by atoms with van der Waals surface area (Å²) in [5, 5.41) is 9.89. The topological polar surface area (TPSA) is 57.6 Å². The van der Waals surface area contributed by atoms with E-state index in [0.717, 1.165) is 18.4 Å². The van der Waals surface area contributed by atoms with Crippen molar-refractivity contribution in [1.29, 1.82) is 0 Å². The summed E-state index contributed by atoms with van der Waals surface area (Å²) in [6.45, 7) is 0.497. The lowest BCUT2D eigenvalue weighted by Crippen LogP contribution is -2.30. The Balaban J connectivity index is 1.95. The second-order valence-electron chi connectivity index (χ2n) is 5.32. The van der Waals surface area contributed by atoms with Crippen LogP contribution in [0.2, 0.25) is 5.02 Å². The molecule has 1 atom stereocenters. The molecule has 1 aliphatic rings. The lowest BCUT2D eigenvalue weighted by molar-refractivity contribution is 0.396. The predicted molar refractivity (Wildman–Crippen MR) is 85.4 cm³/mol. The number of nitrogens with zero attached hydrogens (tertiary/aromatic N) is 1. The normalized spacial score (nSPS) is 19.4. The van der Waals surface area contributed by atoms with Crippen molar-refractivity contribution >= 4 is 21.6 Å². The van der Waals surface area contributed by atoms with Gasteiger partial charge in [-0.2, -0.15) is 4.31 Å². The SMILES string of the molecule is O=S(=O)(c1ccc(Cl)cc1)N1CCCC1c1ccc(O)cc1. The molecule has 116 valence electrons. The van der Waals surface area contributed by atoms with Gasteiger partial charge >= 0.3 is 0 Å². The fourth-order valence-electron chi connectivity index (χ4n) is 2.80. The van der Waals surface area contributed by atoms with Crippen molar-refractivity contribution in [2.45, 2.75) is 23.8 Å². The molecular formula is C16H16ClNO3S. The van der Waals surface area contributed by atoms with Gasteiger partial charge in [0.25, 0.3) is 0 Å². The number of sulfonamides is 1. The molecule has 0 radical (unpaired) electrons. The molecule has 0 saturated carbocycles. The molecule has 0 aliphatic carbocycles.